The van der Waals surface area contributed by atoms with Gasteiger partial charge in [0.15, 0.2) is 0 Å². The quantitative estimate of drug-likeness (QED) is 0.839. The van der Waals surface area contributed by atoms with Crippen LogP contribution in [0.5, 0.6) is 5.75 Å². The van der Waals surface area contributed by atoms with Crippen molar-refractivity contribution in [1.82, 2.24) is 9.78 Å². The molecule has 0 aliphatic heterocycles. The van der Waals surface area contributed by atoms with Gasteiger partial charge in [0, 0.05) is 5.69 Å². The van der Waals surface area contributed by atoms with E-state index >= 15 is 0 Å². The smallest absolute Gasteiger partial charge is 0.129 e. The van der Waals surface area contributed by atoms with Crippen LogP contribution in [0.3, 0.4) is 0 Å². The van der Waals surface area contributed by atoms with E-state index in [4.69, 9.17) is 22.7 Å². The molecule has 20 heavy (non-hydrogen) atoms. The number of nitrogens with two attached hydrogens (primary N) is 1. The monoisotopic (exact) mass is 353 g/mol. The SMILES string of the molecule is Cc1nn(CCOc2ccccc2C(N)=S)c(C)c1Br. The predicted octanol–water partition coefficient (Wildman–Crippen LogP) is 2.98. The molecule has 106 valence electrons. The number of halogens is 1. The summed E-state index contributed by atoms with van der Waals surface area (Å²) in [5.41, 5.74) is 8.50. The second-order valence-corrected chi connectivity index (χ2v) is 5.65. The van der Waals surface area contributed by atoms with E-state index in [1.807, 2.05) is 42.8 Å². The number of benzene rings is 1. The van der Waals surface area contributed by atoms with Crippen molar-refractivity contribution in [3.63, 3.8) is 0 Å². The van der Waals surface area contributed by atoms with Gasteiger partial charge in [-0.2, -0.15) is 5.10 Å². The first-order chi connectivity index (χ1) is 9.50. The normalized spacial score (nSPS) is 10.6. The molecule has 0 aliphatic rings. The van der Waals surface area contributed by atoms with Crippen LogP contribution in [0.25, 0.3) is 0 Å². The van der Waals surface area contributed by atoms with Crippen LogP contribution >= 0.6 is 28.1 Å². The molecule has 0 fully saturated rings. The highest BCUT2D eigenvalue weighted by atomic mass is 79.9. The van der Waals surface area contributed by atoms with Crippen molar-refractivity contribution in [1.29, 1.82) is 0 Å². The van der Waals surface area contributed by atoms with Gasteiger partial charge in [0.05, 0.1) is 22.3 Å². The lowest BCUT2D eigenvalue weighted by molar-refractivity contribution is 0.289. The Morgan fingerprint density at radius 1 is 1.40 bits per heavy atom. The highest BCUT2D eigenvalue weighted by Gasteiger charge is 2.09. The van der Waals surface area contributed by atoms with Gasteiger partial charge >= 0.3 is 0 Å². The Balaban J connectivity index is 2.03. The molecule has 2 rings (SSSR count). The molecule has 4 nitrogen and oxygen atoms in total. The predicted molar refractivity (Wildman–Crippen MR) is 87.2 cm³/mol. The van der Waals surface area contributed by atoms with Gasteiger partial charge in [0.25, 0.3) is 0 Å². The van der Waals surface area contributed by atoms with Crippen LogP contribution in [0.15, 0.2) is 28.7 Å². The standard InChI is InChI=1S/C14H16BrN3OS/c1-9-13(15)10(2)18(17-9)7-8-19-12-6-4-3-5-11(12)14(16)20/h3-6H,7-8H2,1-2H3,(H2,16,20). The summed E-state index contributed by atoms with van der Waals surface area (Å²) in [5, 5.41) is 4.44. The summed E-state index contributed by atoms with van der Waals surface area (Å²) in [5.74, 6) is 0.709. The van der Waals surface area contributed by atoms with E-state index in [1.165, 1.54) is 0 Å². The summed E-state index contributed by atoms with van der Waals surface area (Å²) >= 11 is 8.52. The number of hydrogen-bond donors (Lipinski definition) is 1. The number of rotatable bonds is 5. The first-order valence-corrected chi connectivity index (χ1v) is 7.42. The lowest BCUT2D eigenvalue weighted by atomic mass is 10.2. The van der Waals surface area contributed by atoms with Crippen LogP contribution in [0, 0.1) is 13.8 Å². The van der Waals surface area contributed by atoms with E-state index in [-0.39, 0.29) is 0 Å². The molecule has 2 aromatic rings. The third kappa shape index (κ3) is 3.19. The minimum absolute atomic E-state index is 0.342. The topological polar surface area (TPSA) is 53.1 Å². The van der Waals surface area contributed by atoms with Crippen molar-refractivity contribution >= 4 is 33.1 Å². The minimum atomic E-state index is 0.342. The summed E-state index contributed by atoms with van der Waals surface area (Å²) in [6, 6.07) is 7.51. The average Bonchev–Trinajstić information content (AvgIpc) is 2.67. The summed E-state index contributed by atoms with van der Waals surface area (Å²) in [7, 11) is 0. The zero-order chi connectivity index (χ0) is 14.7. The fourth-order valence-corrected chi connectivity index (χ4v) is 2.38. The van der Waals surface area contributed by atoms with Crippen molar-refractivity contribution in [3.05, 3.63) is 45.7 Å². The molecule has 1 aromatic heterocycles. The third-order valence-corrected chi connectivity index (χ3v) is 4.37. The van der Waals surface area contributed by atoms with Crippen LogP contribution < -0.4 is 10.5 Å². The van der Waals surface area contributed by atoms with Crippen molar-refractivity contribution < 1.29 is 4.74 Å². The summed E-state index contributed by atoms with van der Waals surface area (Å²) < 4.78 is 8.72. The van der Waals surface area contributed by atoms with Crippen LogP contribution in [0.2, 0.25) is 0 Å². The first kappa shape index (κ1) is 15.0. The van der Waals surface area contributed by atoms with Crippen molar-refractivity contribution in [2.45, 2.75) is 20.4 Å². The van der Waals surface area contributed by atoms with Gasteiger partial charge < -0.3 is 10.5 Å². The largest absolute Gasteiger partial charge is 0.491 e. The average molecular weight is 354 g/mol. The number of nitrogens with zero attached hydrogens (tertiary/aromatic N) is 2. The van der Waals surface area contributed by atoms with E-state index in [0.29, 0.717) is 23.9 Å². The second kappa shape index (κ2) is 6.37. The molecule has 0 aliphatic carbocycles. The number of ether oxygens (including phenoxy) is 1. The number of thiocarbonyl (C=S) groups is 1. The Bertz CT molecular complexity index is 639. The van der Waals surface area contributed by atoms with Gasteiger partial charge in [-0.25, -0.2) is 0 Å². The second-order valence-electron chi connectivity index (χ2n) is 4.42. The highest BCUT2D eigenvalue weighted by molar-refractivity contribution is 9.10. The Morgan fingerprint density at radius 3 is 2.70 bits per heavy atom. The van der Waals surface area contributed by atoms with Gasteiger partial charge in [0.1, 0.15) is 17.3 Å². The van der Waals surface area contributed by atoms with Crippen LogP contribution in [-0.2, 0) is 6.54 Å². The molecule has 0 saturated carbocycles. The van der Waals surface area contributed by atoms with Gasteiger partial charge in [-0.05, 0) is 41.9 Å². The van der Waals surface area contributed by atoms with Crippen molar-refractivity contribution in [2.24, 2.45) is 5.73 Å². The lowest BCUT2D eigenvalue weighted by Gasteiger charge is -2.11. The number of para-hydroxylation sites is 1. The maximum Gasteiger partial charge on any atom is 0.129 e. The summed E-state index contributed by atoms with van der Waals surface area (Å²) in [4.78, 5) is 0.342. The molecule has 0 saturated heterocycles. The minimum Gasteiger partial charge on any atom is -0.491 e. The van der Waals surface area contributed by atoms with Gasteiger partial charge in [0.2, 0.25) is 0 Å². The van der Waals surface area contributed by atoms with Crippen LogP contribution in [0.1, 0.15) is 17.0 Å². The summed E-state index contributed by atoms with van der Waals surface area (Å²) in [6.07, 6.45) is 0. The van der Waals surface area contributed by atoms with Crippen LogP contribution in [-0.4, -0.2) is 21.4 Å². The molecular weight excluding hydrogens is 338 g/mol. The Labute approximate surface area is 132 Å². The number of aryl methyl sites for hydroxylation is 1. The van der Waals surface area contributed by atoms with Gasteiger partial charge in [-0.3, -0.25) is 4.68 Å². The molecule has 0 atom stereocenters. The van der Waals surface area contributed by atoms with Gasteiger partial charge in [-0.1, -0.05) is 24.4 Å². The van der Waals surface area contributed by atoms with E-state index in [1.54, 1.807) is 0 Å². The maximum atomic E-state index is 5.76. The Morgan fingerprint density at radius 2 is 2.10 bits per heavy atom. The fraction of sp³-hybridized carbons (Fsp3) is 0.286. The molecule has 0 spiro atoms. The zero-order valence-corrected chi connectivity index (χ0v) is 13.8. The first-order valence-electron chi connectivity index (χ1n) is 6.22. The molecule has 1 aromatic carbocycles. The molecule has 6 heteroatoms. The fourth-order valence-electron chi connectivity index (χ4n) is 1.93. The molecule has 0 bridgehead atoms. The molecular formula is C14H16BrN3OS. The lowest BCUT2D eigenvalue weighted by Crippen LogP contribution is -2.15. The van der Waals surface area contributed by atoms with Crippen LogP contribution in [0.4, 0.5) is 0 Å². The highest BCUT2D eigenvalue weighted by Crippen LogP contribution is 2.20. The molecule has 0 amide bonds. The maximum absolute atomic E-state index is 5.76. The van der Waals surface area contributed by atoms with Gasteiger partial charge in [-0.15, -0.1) is 0 Å². The molecule has 1 heterocycles. The van der Waals surface area contributed by atoms with Crippen molar-refractivity contribution in [2.75, 3.05) is 6.61 Å². The van der Waals surface area contributed by atoms with Crippen molar-refractivity contribution in [3.8, 4) is 5.75 Å². The number of hydrogen-bond acceptors (Lipinski definition) is 3. The molecule has 0 radical (unpaired) electrons. The Kier molecular flexibility index (Phi) is 4.77. The summed E-state index contributed by atoms with van der Waals surface area (Å²) in [6.45, 7) is 5.17. The zero-order valence-electron chi connectivity index (χ0n) is 11.4. The molecule has 0 unspecified atom stereocenters. The van der Waals surface area contributed by atoms with E-state index in [0.717, 1.165) is 21.4 Å². The van der Waals surface area contributed by atoms with E-state index in [9.17, 15) is 0 Å². The third-order valence-electron chi connectivity index (χ3n) is 3.01. The van der Waals surface area contributed by atoms with E-state index < -0.39 is 0 Å². The Hall–Kier alpha value is -1.40. The molecule has 2 N–H and O–H groups in total. The van der Waals surface area contributed by atoms with E-state index in [2.05, 4.69) is 21.0 Å². The number of aromatic nitrogens is 2.